The monoisotopic (exact) mass is 321 g/mol. The summed E-state index contributed by atoms with van der Waals surface area (Å²) in [5.74, 6) is 0. The molecule has 0 aliphatic heterocycles. The number of aromatic nitrogens is 2. The van der Waals surface area contributed by atoms with Crippen LogP contribution in [0.25, 0.3) is 21.5 Å². The quantitative estimate of drug-likeness (QED) is 0.576. The smallest absolute Gasteiger partial charge is 0.336 e. The molecule has 0 fully saturated rings. The molecule has 6 heteroatoms. The van der Waals surface area contributed by atoms with Crippen molar-refractivity contribution in [2.45, 2.75) is 0 Å². The van der Waals surface area contributed by atoms with Crippen LogP contribution in [-0.4, -0.2) is 10.2 Å². The zero-order valence-corrected chi connectivity index (χ0v) is 12.7. The van der Waals surface area contributed by atoms with E-state index < -0.39 is 0 Å². The highest BCUT2D eigenvalue weighted by molar-refractivity contribution is 7.18. The highest BCUT2D eigenvalue weighted by Gasteiger charge is 2.07. The second kappa shape index (κ2) is 5.66. The summed E-state index contributed by atoms with van der Waals surface area (Å²) < 4.78 is 5.12. The van der Waals surface area contributed by atoms with Gasteiger partial charge in [0.15, 0.2) is 0 Å². The lowest BCUT2D eigenvalue weighted by atomic mass is 10.2. The van der Waals surface area contributed by atoms with E-state index in [1.54, 1.807) is 12.1 Å². The van der Waals surface area contributed by atoms with Crippen molar-refractivity contribution >= 4 is 33.1 Å². The van der Waals surface area contributed by atoms with Gasteiger partial charge in [-0.05, 0) is 24.3 Å². The Kier molecular flexibility index (Phi) is 3.36. The van der Waals surface area contributed by atoms with Crippen LogP contribution >= 0.6 is 11.3 Å². The summed E-state index contributed by atoms with van der Waals surface area (Å²) in [5, 5.41) is 14.0. The molecule has 0 bridgehead atoms. The number of hydrogen-bond acceptors (Lipinski definition) is 6. The maximum Gasteiger partial charge on any atom is 0.336 e. The molecule has 4 aromatic rings. The molecule has 0 saturated heterocycles. The molecule has 2 aromatic carbocycles. The number of benzene rings is 2. The predicted octanol–water partition coefficient (Wildman–Crippen LogP) is 4.06. The van der Waals surface area contributed by atoms with E-state index >= 15 is 0 Å². The van der Waals surface area contributed by atoms with Gasteiger partial charge in [0.2, 0.25) is 5.13 Å². The zero-order chi connectivity index (χ0) is 15.6. The lowest BCUT2D eigenvalue weighted by Crippen LogP contribution is -1.95. The second-order valence-corrected chi connectivity index (χ2v) is 5.89. The van der Waals surface area contributed by atoms with E-state index in [9.17, 15) is 4.79 Å². The van der Waals surface area contributed by atoms with Gasteiger partial charge in [-0.15, -0.1) is 10.2 Å². The molecular weight excluding hydrogens is 310 g/mol. The maximum atomic E-state index is 11.2. The standard InChI is InChI=1S/C17H11N3O2S/c21-15-9-6-12-10-13(7-8-14(12)22-15)18-17-20-19-16(23-17)11-4-2-1-3-5-11/h1-10H,(H,18,20). The van der Waals surface area contributed by atoms with Crippen LogP contribution in [0, 0.1) is 0 Å². The Labute approximate surface area is 135 Å². The largest absolute Gasteiger partial charge is 0.423 e. The topological polar surface area (TPSA) is 68.0 Å². The second-order valence-electron chi connectivity index (χ2n) is 4.91. The van der Waals surface area contributed by atoms with Gasteiger partial charge in [-0.1, -0.05) is 41.7 Å². The first-order valence-electron chi connectivity index (χ1n) is 6.98. The van der Waals surface area contributed by atoms with Gasteiger partial charge in [-0.3, -0.25) is 0 Å². The fourth-order valence-corrected chi connectivity index (χ4v) is 3.01. The fraction of sp³-hybridized carbons (Fsp3) is 0. The van der Waals surface area contributed by atoms with Crippen molar-refractivity contribution < 1.29 is 4.42 Å². The maximum absolute atomic E-state index is 11.2. The van der Waals surface area contributed by atoms with Gasteiger partial charge in [-0.25, -0.2) is 4.79 Å². The molecule has 0 spiro atoms. The Morgan fingerprint density at radius 2 is 1.83 bits per heavy atom. The number of hydrogen-bond donors (Lipinski definition) is 1. The van der Waals surface area contributed by atoms with E-state index in [2.05, 4.69) is 15.5 Å². The normalized spacial score (nSPS) is 10.8. The van der Waals surface area contributed by atoms with E-state index in [0.717, 1.165) is 21.6 Å². The summed E-state index contributed by atoms with van der Waals surface area (Å²) in [7, 11) is 0. The number of nitrogens with one attached hydrogen (secondary N) is 1. The fourth-order valence-electron chi connectivity index (χ4n) is 2.24. The predicted molar refractivity (Wildman–Crippen MR) is 91.1 cm³/mol. The third kappa shape index (κ3) is 2.84. The highest BCUT2D eigenvalue weighted by Crippen LogP contribution is 2.28. The van der Waals surface area contributed by atoms with E-state index in [-0.39, 0.29) is 5.63 Å². The van der Waals surface area contributed by atoms with Gasteiger partial charge in [-0.2, -0.15) is 0 Å². The van der Waals surface area contributed by atoms with Gasteiger partial charge in [0.1, 0.15) is 10.6 Å². The Balaban J connectivity index is 1.62. The Morgan fingerprint density at radius 1 is 0.957 bits per heavy atom. The molecule has 2 heterocycles. The summed E-state index contributed by atoms with van der Waals surface area (Å²) in [6, 6.07) is 18.6. The first kappa shape index (κ1) is 13.7. The van der Waals surface area contributed by atoms with E-state index in [1.165, 1.54) is 17.4 Å². The lowest BCUT2D eigenvalue weighted by Gasteiger charge is -2.03. The van der Waals surface area contributed by atoms with E-state index in [0.29, 0.717) is 10.7 Å². The summed E-state index contributed by atoms with van der Waals surface area (Å²) in [4.78, 5) is 11.2. The molecule has 0 amide bonds. The van der Waals surface area contributed by atoms with Crippen molar-refractivity contribution in [1.82, 2.24) is 10.2 Å². The van der Waals surface area contributed by atoms with Crippen LogP contribution in [0.3, 0.4) is 0 Å². The Bertz CT molecular complexity index is 1020. The lowest BCUT2D eigenvalue weighted by molar-refractivity contribution is 0.561. The van der Waals surface area contributed by atoms with Crippen molar-refractivity contribution in [2.75, 3.05) is 5.32 Å². The van der Waals surface area contributed by atoms with E-state index in [1.807, 2.05) is 42.5 Å². The van der Waals surface area contributed by atoms with Crippen LogP contribution in [0.4, 0.5) is 10.8 Å². The number of anilines is 2. The first-order valence-corrected chi connectivity index (χ1v) is 7.79. The highest BCUT2D eigenvalue weighted by atomic mass is 32.1. The molecule has 5 nitrogen and oxygen atoms in total. The molecule has 2 aromatic heterocycles. The molecule has 0 atom stereocenters. The van der Waals surface area contributed by atoms with Gasteiger partial charge in [0.05, 0.1) is 0 Å². The van der Waals surface area contributed by atoms with Crippen molar-refractivity contribution in [2.24, 2.45) is 0 Å². The molecule has 1 N–H and O–H groups in total. The van der Waals surface area contributed by atoms with Crippen LogP contribution in [0.2, 0.25) is 0 Å². The Morgan fingerprint density at radius 3 is 2.70 bits per heavy atom. The summed E-state index contributed by atoms with van der Waals surface area (Å²) in [5.41, 5.74) is 2.11. The molecule has 0 aliphatic rings. The molecule has 23 heavy (non-hydrogen) atoms. The zero-order valence-electron chi connectivity index (χ0n) is 11.9. The summed E-state index contributed by atoms with van der Waals surface area (Å²) in [6.45, 7) is 0. The average molecular weight is 321 g/mol. The number of fused-ring (bicyclic) bond motifs is 1. The number of rotatable bonds is 3. The van der Waals surface area contributed by atoms with Crippen LogP contribution in [-0.2, 0) is 0 Å². The molecule has 0 aliphatic carbocycles. The van der Waals surface area contributed by atoms with Gasteiger partial charge >= 0.3 is 5.63 Å². The van der Waals surface area contributed by atoms with Crippen LogP contribution in [0.5, 0.6) is 0 Å². The van der Waals surface area contributed by atoms with Gasteiger partial charge < -0.3 is 9.73 Å². The molecule has 112 valence electrons. The molecule has 4 rings (SSSR count). The third-order valence-electron chi connectivity index (χ3n) is 3.32. The Hall–Kier alpha value is -2.99. The van der Waals surface area contributed by atoms with Crippen LogP contribution in [0.1, 0.15) is 0 Å². The molecule has 0 unspecified atom stereocenters. The first-order chi connectivity index (χ1) is 11.3. The summed E-state index contributed by atoms with van der Waals surface area (Å²) >= 11 is 1.48. The average Bonchev–Trinajstić information content (AvgIpc) is 3.04. The van der Waals surface area contributed by atoms with Gasteiger partial charge in [0.25, 0.3) is 0 Å². The van der Waals surface area contributed by atoms with E-state index in [4.69, 9.17) is 4.42 Å². The van der Waals surface area contributed by atoms with Crippen molar-refractivity contribution in [1.29, 1.82) is 0 Å². The van der Waals surface area contributed by atoms with Crippen molar-refractivity contribution in [3.8, 4) is 10.6 Å². The minimum Gasteiger partial charge on any atom is -0.423 e. The third-order valence-corrected chi connectivity index (χ3v) is 4.20. The summed E-state index contributed by atoms with van der Waals surface area (Å²) in [6.07, 6.45) is 0. The minimum absolute atomic E-state index is 0.352. The SMILES string of the molecule is O=c1ccc2cc(Nc3nnc(-c4ccccc4)s3)ccc2o1. The van der Waals surface area contributed by atoms with Crippen LogP contribution in [0.15, 0.2) is 69.9 Å². The number of nitrogens with zero attached hydrogens (tertiary/aromatic N) is 2. The van der Waals surface area contributed by atoms with Crippen molar-refractivity contribution in [3.05, 3.63) is 71.1 Å². The van der Waals surface area contributed by atoms with Crippen LogP contribution < -0.4 is 10.9 Å². The molecular formula is C17H11N3O2S. The minimum atomic E-state index is -0.352. The van der Waals surface area contributed by atoms with Gasteiger partial charge in [0, 0.05) is 22.7 Å². The van der Waals surface area contributed by atoms with Crippen molar-refractivity contribution in [3.63, 3.8) is 0 Å². The molecule has 0 radical (unpaired) electrons. The molecule has 0 saturated carbocycles.